The topological polar surface area (TPSA) is 43.8 Å². The molecule has 0 spiro atoms. The van der Waals surface area contributed by atoms with Crippen LogP contribution in [0, 0.1) is 0 Å². The molecule has 0 fully saturated rings. The van der Waals surface area contributed by atoms with E-state index < -0.39 is 0 Å². The molecule has 0 unspecified atom stereocenters. The Hall–Kier alpha value is -0.810. The van der Waals surface area contributed by atoms with Crippen LogP contribution in [0.25, 0.3) is 0 Å². The third-order valence-electron chi connectivity index (χ3n) is 1.69. The fourth-order valence-corrected chi connectivity index (χ4v) is 2.29. The number of hydrogen-bond donors (Lipinski definition) is 1. The van der Waals surface area contributed by atoms with E-state index in [1.54, 1.807) is 17.4 Å². The van der Waals surface area contributed by atoms with Gasteiger partial charge in [0, 0.05) is 6.20 Å². The van der Waals surface area contributed by atoms with Gasteiger partial charge >= 0.3 is 0 Å². The van der Waals surface area contributed by atoms with E-state index in [1.165, 1.54) is 5.56 Å². The number of thiophene rings is 1. The second kappa shape index (κ2) is 3.51. The van der Waals surface area contributed by atoms with Crippen LogP contribution in [0.1, 0.15) is 5.56 Å². The van der Waals surface area contributed by atoms with Gasteiger partial charge in [0.2, 0.25) is 0 Å². The second-order valence-electron chi connectivity index (χ2n) is 2.66. The monoisotopic (exact) mass is 257 g/mol. The number of nitrogens with zero attached hydrogens (tertiary/aromatic N) is 2. The van der Waals surface area contributed by atoms with Crippen LogP contribution in [0.3, 0.4) is 0 Å². The molecule has 3 nitrogen and oxygen atoms in total. The van der Waals surface area contributed by atoms with Gasteiger partial charge in [-0.3, -0.25) is 4.68 Å². The molecule has 2 rings (SSSR count). The van der Waals surface area contributed by atoms with Crippen molar-refractivity contribution in [3.05, 3.63) is 33.1 Å². The summed E-state index contributed by atoms with van der Waals surface area (Å²) >= 11 is 5.15. The van der Waals surface area contributed by atoms with E-state index in [0.717, 1.165) is 10.3 Å². The normalized spacial score (nSPS) is 10.5. The Morgan fingerprint density at radius 3 is 2.92 bits per heavy atom. The Morgan fingerprint density at radius 2 is 2.38 bits per heavy atom. The van der Waals surface area contributed by atoms with Crippen molar-refractivity contribution in [2.45, 2.75) is 6.54 Å². The molecule has 2 aromatic rings. The minimum absolute atomic E-state index is 0.561. The van der Waals surface area contributed by atoms with Crippen LogP contribution in [0.2, 0.25) is 0 Å². The van der Waals surface area contributed by atoms with Crippen LogP contribution in [-0.4, -0.2) is 9.78 Å². The summed E-state index contributed by atoms with van der Waals surface area (Å²) in [5.74, 6) is 0.561. The Kier molecular flexibility index (Phi) is 2.37. The highest BCUT2D eigenvalue weighted by molar-refractivity contribution is 9.11. The largest absolute Gasteiger partial charge is 0.382 e. The van der Waals surface area contributed by atoms with Crippen LogP contribution in [-0.2, 0) is 6.54 Å². The summed E-state index contributed by atoms with van der Waals surface area (Å²) in [5, 5.41) is 6.15. The zero-order chi connectivity index (χ0) is 9.26. The van der Waals surface area contributed by atoms with Gasteiger partial charge < -0.3 is 5.73 Å². The summed E-state index contributed by atoms with van der Waals surface area (Å²) in [4.78, 5) is 0. The molecule has 0 aliphatic rings. The van der Waals surface area contributed by atoms with E-state index in [2.05, 4.69) is 27.1 Å². The van der Waals surface area contributed by atoms with Gasteiger partial charge in [-0.2, -0.15) is 5.10 Å². The zero-order valence-corrected chi connectivity index (χ0v) is 9.18. The lowest BCUT2D eigenvalue weighted by molar-refractivity contribution is 0.690. The molecule has 0 saturated carbocycles. The molecule has 0 amide bonds. The van der Waals surface area contributed by atoms with Crippen LogP contribution >= 0.6 is 27.3 Å². The van der Waals surface area contributed by atoms with Gasteiger partial charge in [0.1, 0.15) is 5.82 Å². The number of anilines is 1. The van der Waals surface area contributed by atoms with Crippen molar-refractivity contribution < 1.29 is 0 Å². The third kappa shape index (κ3) is 1.92. The number of aromatic nitrogens is 2. The molecule has 0 aromatic carbocycles. The smallest absolute Gasteiger partial charge is 0.145 e. The third-order valence-corrected chi connectivity index (χ3v) is 3.50. The summed E-state index contributed by atoms with van der Waals surface area (Å²) in [6, 6.07) is 3.87. The van der Waals surface area contributed by atoms with E-state index in [4.69, 9.17) is 5.73 Å². The molecular weight excluding hydrogens is 250 g/mol. The van der Waals surface area contributed by atoms with Gasteiger partial charge in [0.05, 0.1) is 10.3 Å². The molecular formula is C8H8BrN3S. The molecule has 0 aliphatic heterocycles. The Labute approximate surface area is 88.3 Å². The molecule has 0 bridgehead atoms. The highest BCUT2D eigenvalue weighted by atomic mass is 79.9. The average Bonchev–Trinajstić information content (AvgIpc) is 2.64. The summed E-state index contributed by atoms with van der Waals surface area (Å²) < 4.78 is 2.98. The predicted molar refractivity (Wildman–Crippen MR) is 57.8 cm³/mol. The summed E-state index contributed by atoms with van der Waals surface area (Å²) in [6.45, 7) is 0.765. The van der Waals surface area contributed by atoms with Crippen LogP contribution in [0.15, 0.2) is 27.5 Å². The quantitative estimate of drug-likeness (QED) is 0.898. The van der Waals surface area contributed by atoms with Crippen molar-refractivity contribution in [3.8, 4) is 0 Å². The highest BCUT2D eigenvalue weighted by Gasteiger charge is 2.02. The Balaban J connectivity index is 2.19. The van der Waals surface area contributed by atoms with Crippen LogP contribution in [0.5, 0.6) is 0 Å². The standard InChI is InChI=1S/C8H8BrN3S/c9-8-6(2-4-13-8)5-12-3-1-7(10)11-12/h1-4H,5H2,(H2,10,11). The number of nitrogen functional groups attached to an aromatic ring is 1. The number of hydrogen-bond acceptors (Lipinski definition) is 3. The first-order chi connectivity index (χ1) is 6.25. The summed E-state index contributed by atoms with van der Waals surface area (Å²) in [5.41, 5.74) is 6.73. The maximum Gasteiger partial charge on any atom is 0.145 e. The van der Waals surface area contributed by atoms with Gasteiger partial charge in [-0.1, -0.05) is 0 Å². The van der Waals surface area contributed by atoms with Gasteiger partial charge in [-0.05, 0) is 39.0 Å². The molecule has 0 radical (unpaired) electrons. The summed E-state index contributed by atoms with van der Waals surface area (Å²) in [6.07, 6.45) is 1.87. The average molecular weight is 258 g/mol. The minimum atomic E-state index is 0.561. The van der Waals surface area contributed by atoms with E-state index in [-0.39, 0.29) is 0 Å². The van der Waals surface area contributed by atoms with Crippen molar-refractivity contribution in [2.24, 2.45) is 0 Å². The first-order valence-electron chi connectivity index (χ1n) is 3.76. The van der Waals surface area contributed by atoms with E-state index in [1.807, 2.05) is 16.3 Å². The molecule has 5 heteroatoms. The predicted octanol–water partition coefficient (Wildman–Crippen LogP) is 2.34. The minimum Gasteiger partial charge on any atom is -0.382 e. The van der Waals surface area contributed by atoms with E-state index in [0.29, 0.717) is 5.82 Å². The van der Waals surface area contributed by atoms with Crippen molar-refractivity contribution in [2.75, 3.05) is 5.73 Å². The van der Waals surface area contributed by atoms with Crippen molar-refractivity contribution in [3.63, 3.8) is 0 Å². The van der Waals surface area contributed by atoms with Crippen LogP contribution < -0.4 is 5.73 Å². The Bertz CT molecular complexity index is 407. The zero-order valence-electron chi connectivity index (χ0n) is 6.77. The summed E-state index contributed by atoms with van der Waals surface area (Å²) in [7, 11) is 0. The Morgan fingerprint density at radius 1 is 1.54 bits per heavy atom. The highest BCUT2D eigenvalue weighted by Crippen LogP contribution is 2.23. The molecule has 13 heavy (non-hydrogen) atoms. The molecule has 2 aromatic heterocycles. The van der Waals surface area contributed by atoms with E-state index >= 15 is 0 Å². The van der Waals surface area contributed by atoms with Crippen molar-refractivity contribution in [1.29, 1.82) is 0 Å². The lowest BCUT2D eigenvalue weighted by Gasteiger charge is -1.98. The first-order valence-corrected chi connectivity index (χ1v) is 5.44. The van der Waals surface area contributed by atoms with Crippen LogP contribution in [0.4, 0.5) is 5.82 Å². The lowest BCUT2D eigenvalue weighted by atomic mass is 10.3. The number of halogens is 1. The maximum absolute atomic E-state index is 5.50. The molecule has 0 saturated heterocycles. The van der Waals surface area contributed by atoms with Crippen molar-refractivity contribution >= 4 is 33.1 Å². The maximum atomic E-state index is 5.50. The van der Waals surface area contributed by atoms with Crippen molar-refractivity contribution in [1.82, 2.24) is 9.78 Å². The SMILES string of the molecule is Nc1ccn(Cc2ccsc2Br)n1. The first kappa shape index (κ1) is 8.77. The molecule has 68 valence electrons. The molecule has 2 N–H and O–H groups in total. The number of nitrogens with two attached hydrogens (primary N) is 1. The number of rotatable bonds is 2. The van der Waals surface area contributed by atoms with Gasteiger partial charge in [-0.15, -0.1) is 11.3 Å². The molecule has 2 heterocycles. The van der Waals surface area contributed by atoms with Gasteiger partial charge in [-0.25, -0.2) is 0 Å². The molecule has 0 aliphatic carbocycles. The fraction of sp³-hybridized carbons (Fsp3) is 0.125. The van der Waals surface area contributed by atoms with E-state index in [9.17, 15) is 0 Å². The molecule has 0 atom stereocenters. The van der Waals surface area contributed by atoms with Gasteiger partial charge in [0.25, 0.3) is 0 Å². The lowest BCUT2D eigenvalue weighted by Crippen LogP contribution is -2.00. The van der Waals surface area contributed by atoms with Gasteiger partial charge in [0.15, 0.2) is 0 Å². The fourth-order valence-electron chi connectivity index (χ4n) is 1.07. The second-order valence-corrected chi connectivity index (χ2v) is 4.89.